The van der Waals surface area contributed by atoms with Crippen molar-refractivity contribution in [1.29, 1.82) is 0 Å². The number of halogens is 2. The van der Waals surface area contributed by atoms with Crippen LogP contribution in [0.1, 0.15) is 77.2 Å². The molecule has 0 saturated heterocycles. The molecule has 0 aromatic heterocycles. The summed E-state index contributed by atoms with van der Waals surface area (Å²) in [6, 6.07) is 2.67. The van der Waals surface area contributed by atoms with Gasteiger partial charge in [-0.15, -0.1) is 0 Å². The molecule has 1 aromatic carbocycles. The minimum atomic E-state index is -1.97. The van der Waals surface area contributed by atoms with E-state index in [-0.39, 0.29) is 0 Å². The number of rotatable bonds is 11. The predicted molar refractivity (Wildman–Crippen MR) is 103 cm³/mol. The van der Waals surface area contributed by atoms with Gasteiger partial charge >= 0.3 is 49.7 Å². The average molecular weight is 348 g/mol. The third-order valence-electron chi connectivity index (χ3n) is 4.23. The second kappa shape index (κ2) is 15.9. The van der Waals surface area contributed by atoms with E-state index in [0.29, 0.717) is 12.0 Å². The van der Waals surface area contributed by atoms with Crippen LogP contribution in [0.25, 0.3) is 0 Å². The van der Waals surface area contributed by atoms with Crippen molar-refractivity contribution in [3.05, 3.63) is 29.3 Å². The molecule has 0 heterocycles. The van der Waals surface area contributed by atoms with E-state index in [1.54, 1.807) is 0 Å². The Morgan fingerprint density at radius 2 is 1.40 bits per heavy atom. The Labute approximate surface area is 161 Å². The molecule has 0 aliphatic carbocycles. The SMILES string of the molecule is CCCCCCCCCc1ccc(B(O)O)c(F)c1F.[Li][CH2]CCC. The van der Waals surface area contributed by atoms with Crippen molar-refractivity contribution in [2.75, 3.05) is 0 Å². The van der Waals surface area contributed by atoms with E-state index in [0.717, 1.165) is 19.3 Å². The molecular weight excluding hydrogens is 316 g/mol. The second-order valence-corrected chi connectivity index (χ2v) is 6.54. The van der Waals surface area contributed by atoms with Gasteiger partial charge in [-0.05, 0) is 18.4 Å². The molecule has 1 aromatic rings. The summed E-state index contributed by atoms with van der Waals surface area (Å²) < 4.78 is 27.2. The maximum atomic E-state index is 13.7. The first-order chi connectivity index (χ1) is 12.0. The summed E-state index contributed by atoms with van der Waals surface area (Å²) in [5.41, 5.74) is -0.105. The van der Waals surface area contributed by atoms with Gasteiger partial charge in [-0.1, -0.05) is 57.6 Å². The first-order valence-corrected chi connectivity index (χ1v) is 9.82. The van der Waals surface area contributed by atoms with Crippen LogP contribution < -0.4 is 5.46 Å². The van der Waals surface area contributed by atoms with E-state index in [1.807, 2.05) is 0 Å². The van der Waals surface area contributed by atoms with Gasteiger partial charge in [-0.3, -0.25) is 0 Å². The van der Waals surface area contributed by atoms with Crippen LogP contribution in [0.2, 0.25) is 5.09 Å². The van der Waals surface area contributed by atoms with Crippen LogP contribution in [-0.2, 0) is 6.42 Å². The fraction of sp³-hybridized carbons (Fsp3) is 0.684. The van der Waals surface area contributed by atoms with E-state index in [2.05, 4.69) is 31.6 Å². The third-order valence-corrected chi connectivity index (χ3v) is 4.23. The Kier molecular flexibility index (Phi) is 15.7. The monoisotopic (exact) mass is 348 g/mol. The van der Waals surface area contributed by atoms with Gasteiger partial charge in [0.1, 0.15) is 0 Å². The summed E-state index contributed by atoms with van der Waals surface area (Å²) in [6.45, 7) is 4.38. The number of aryl methyl sites for hydroxylation is 1. The summed E-state index contributed by atoms with van der Waals surface area (Å²) in [5.74, 6) is -2.11. The summed E-state index contributed by atoms with van der Waals surface area (Å²) in [6.07, 6.45) is 11.1. The Hall–Kier alpha value is -0.338. The van der Waals surface area contributed by atoms with Crippen molar-refractivity contribution in [2.45, 2.75) is 83.1 Å². The van der Waals surface area contributed by atoms with E-state index in [1.165, 1.54) is 55.8 Å². The van der Waals surface area contributed by atoms with Crippen molar-refractivity contribution in [3.63, 3.8) is 0 Å². The molecule has 0 spiro atoms. The van der Waals surface area contributed by atoms with Crippen molar-refractivity contribution in [2.24, 2.45) is 0 Å². The Morgan fingerprint density at radius 3 is 1.88 bits per heavy atom. The van der Waals surface area contributed by atoms with Gasteiger partial charge in [0.25, 0.3) is 0 Å². The molecule has 2 N–H and O–H groups in total. The first kappa shape index (κ1) is 24.7. The van der Waals surface area contributed by atoms with E-state index in [4.69, 9.17) is 10.0 Å². The summed E-state index contributed by atoms with van der Waals surface area (Å²) >= 11 is 2.21. The van der Waals surface area contributed by atoms with Crippen molar-refractivity contribution >= 4 is 30.3 Å². The van der Waals surface area contributed by atoms with Gasteiger partial charge < -0.3 is 10.0 Å². The first-order valence-electron chi connectivity index (χ1n) is 9.82. The van der Waals surface area contributed by atoms with Gasteiger partial charge in [0.05, 0.1) is 0 Å². The molecule has 0 aliphatic rings. The molecule has 1 rings (SSSR count). The van der Waals surface area contributed by atoms with Crippen LogP contribution in [0.5, 0.6) is 0 Å². The molecule has 0 fully saturated rings. The molecule has 25 heavy (non-hydrogen) atoms. The van der Waals surface area contributed by atoms with Crippen molar-refractivity contribution < 1.29 is 18.8 Å². The number of benzene rings is 1. The number of unbranched alkanes of at least 4 members (excludes halogenated alkanes) is 7. The molecular formula is C19H32BF2LiO2. The topological polar surface area (TPSA) is 40.5 Å². The fourth-order valence-corrected chi connectivity index (χ4v) is 2.62. The quantitative estimate of drug-likeness (QED) is 0.462. The van der Waals surface area contributed by atoms with Crippen LogP contribution >= 0.6 is 0 Å². The maximum absolute atomic E-state index is 13.7. The van der Waals surface area contributed by atoms with Crippen molar-refractivity contribution in [1.82, 2.24) is 0 Å². The third kappa shape index (κ3) is 11.1. The van der Waals surface area contributed by atoms with Crippen LogP contribution in [-0.4, -0.2) is 34.9 Å². The zero-order chi connectivity index (χ0) is 19.1. The Bertz CT molecular complexity index is 457. The molecule has 0 atom stereocenters. The second-order valence-electron chi connectivity index (χ2n) is 6.54. The predicted octanol–water partition coefficient (Wildman–Crippen LogP) is 4.31. The number of hydrogen-bond donors (Lipinski definition) is 2. The summed E-state index contributed by atoms with van der Waals surface area (Å²) in [5, 5.41) is 19.1. The summed E-state index contributed by atoms with van der Waals surface area (Å²) in [7, 11) is -1.97. The van der Waals surface area contributed by atoms with Gasteiger partial charge in [-0.25, -0.2) is 8.78 Å². The van der Waals surface area contributed by atoms with E-state index >= 15 is 0 Å². The van der Waals surface area contributed by atoms with Gasteiger partial charge in [-0.2, -0.15) is 0 Å². The van der Waals surface area contributed by atoms with Gasteiger partial charge in [0, 0.05) is 5.46 Å². The van der Waals surface area contributed by atoms with Gasteiger partial charge in [0.2, 0.25) is 0 Å². The molecule has 6 heteroatoms. The molecule has 0 saturated carbocycles. The fourth-order valence-electron chi connectivity index (χ4n) is 2.62. The number of hydrogen-bond acceptors (Lipinski definition) is 2. The normalized spacial score (nSPS) is 10.4. The Balaban J connectivity index is 0.00000101. The average Bonchev–Trinajstić information content (AvgIpc) is 2.58. The molecule has 0 aliphatic heterocycles. The summed E-state index contributed by atoms with van der Waals surface area (Å²) in [4.78, 5) is 0. The minimum absolute atomic E-state index is 0.306. The van der Waals surface area contributed by atoms with Crippen LogP contribution in [0.4, 0.5) is 8.78 Å². The van der Waals surface area contributed by atoms with Crippen molar-refractivity contribution in [3.8, 4) is 0 Å². The molecule has 0 unspecified atom stereocenters. The van der Waals surface area contributed by atoms with E-state index in [9.17, 15) is 8.78 Å². The van der Waals surface area contributed by atoms with Gasteiger partial charge in [0.15, 0.2) is 11.6 Å². The van der Waals surface area contributed by atoms with Crippen LogP contribution in [0.15, 0.2) is 12.1 Å². The molecule has 138 valence electrons. The van der Waals surface area contributed by atoms with Crippen LogP contribution in [0, 0.1) is 11.6 Å². The Morgan fingerprint density at radius 1 is 0.840 bits per heavy atom. The zero-order valence-electron chi connectivity index (χ0n) is 16.2. The zero-order valence-corrected chi connectivity index (χ0v) is 16.2. The van der Waals surface area contributed by atoms with Crippen LogP contribution in [0.3, 0.4) is 0 Å². The van der Waals surface area contributed by atoms with E-state index < -0.39 is 24.2 Å². The standard InChI is InChI=1S/C15H23BF2O2.C4H9.Li/c1-2-3-4-5-6-7-8-9-12-10-11-13(16(19)20)15(18)14(12)17;1-3-4-2;/h10-11,19-20H,2-9H2,1H3;1,3-4H2,2H3;. The molecule has 0 bridgehead atoms. The molecule has 2 nitrogen and oxygen atoms in total. The molecule has 0 amide bonds. The molecule has 0 radical (unpaired) electrons.